The predicted octanol–water partition coefficient (Wildman–Crippen LogP) is 1.51. The number of anilines is 1. The Morgan fingerprint density at radius 2 is 2.33 bits per heavy atom. The lowest BCUT2D eigenvalue weighted by Crippen LogP contribution is -1.98. The maximum absolute atomic E-state index is 8.91. The fourth-order valence-electron chi connectivity index (χ4n) is 2.25. The van der Waals surface area contributed by atoms with Crippen LogP contribution in [0.15, 0.2) is 6.20 Å². The summed E-state index contributed by atoms with van der Waals surface area (Å²) < 4.78 is 0. The SMILES string of the molecule is N#Cc1c[nH]c2c(N)c3c(nc12)CCC3. The quantitative estimate of drug-likeness (QED) is 0.673. The number of fused-ring (bicyclic) bond motifs is 2. The summed E-state index contributed by atoms with van der Waals surface area (Å²) in [6, 6.07) is 2.12. The van der Waals surface area contributed by atoms with E-state index in [1.807, 2.05) is 0 Å². The molecular formula is C11H10N4. The first-order valence-electron chi connectivity index (χ1n) is 4.99. The first kappa shape index (κ1) is 8.30. The van der Waals surface area contributed by atoms with E-state index in [1.54, 1.807) is 6.20 Å². The van der Waals surface area contributed by atoms with Crippen molar-refractivity contribution in [3.8, 4) is 6.07 Å². The summed E-state index contributed by atoms with van der Waals surface area (Å²) >= 11 is 0. The van der Waals surface area contributed by atoms with E-state index in [2.05, 4.69) is 16.0 Å². The average Bonchev–Trinajstić information content (AvgIpc) is 2.83. The van der Waals surface area contributed by atoms with Crippen molar-refractivity contribution in [3.63, 3.8) is 0 Å². The van der Waals surface area contributed by atoms with Gasteiger partial charge in [0.2, 0.25) is 0 Å². The van der Waals surface area contributed by atoms with Crippen molar-refractivity contribution < 1.29 is 0 Å². The highest BCUT2D eigenvalue weighted by atomic mass is 14.8. The lowest BCUT2D eigenvalue weighted by Gasteiger charge is -2.04. The molecule has 0 atom stereocenters. The van der Waals surface area contributed by atoms with E-state index in [9.17, 15) is 0 Å². The predicted molar refractivity (Wildman–Crippen MR) is 57.2 cm³/mol. The maximum Gasteiger partial charge on any atom is 0.108 e. The van der Waals surface area contributed by atoms with Gasteiger partial charge in [0.15, 0.2) is 0 Å². The summed E-state index contributed by atoms with van der Waals surface area (Å²) in [5.74, 6) is 0. The summed E-state index contributed by atoms with van der Waals surface area (Å²) in [6.45, 7) is 0. The molecule has 15 heavy (non-hydrogen) atoms. The van der Waals surface area contributed by atoms with Gasteiger partial charge >= 0.3 is 0 Å². The molecule has 0 fully saturated rings. The summed E-state index contributed by atoms with van der Waals surface area (Å²) in [5.41, 5.74) is 11.2. The molecule has 0 amide bonds. The number of nitrogens with two attached hydrogens (primary N) is 1. The van der Waals surface area contributed by atoms with Crippen LogP contribution in [-0.2, 0) is 12.8 Å². The van der Waals surface area contributed by atoms with E-state index >= 15 is 0 Å². The van der Waals surface area contributed by atoms with Gasteiger partial charge in [-0.1, -0.05) is 0 Å². The molecule has 0 unspecified atom stereocenters. The molecular weight excluding hydrogens is 188 g/mol. The van der Waals surface area contributed by atoms with Gasteiger partial charge in [0.25, 0.3) is 0 Å². The third-order valence-electron chi connectivity index (χ3n) is 3.00. The number of aromatic nitrogens is 2. The minimum Gasteiger partial charge on any atom is -0.397 e. The largest absolute Gasteiger partial charge is 0.397 e. The second-order valence-corrected chi connectivity index (χ2v) is 3.84. The number of nitrogens with one attached hydrogen (secondary N) is 1. The zero-order valence-electron chi connectivity index (χ0n) is 8.17. The molecule has 0 bridgehead atoms. The van der Waals surface area contributed by atoms with Crippen LogP contribution in [0.5, 0.6) is 0 Å². The molecule has 0 radical (unpaired) electrons. The smallest absolute Gasteiger partial charge is 0.108 e. The molecule has 4 heteroatoms. The summed E-state index contributed by atoms with van der Waals surface area (Å²) in [4.78, 5) is 7.54. The second-order valence-electron chi connectivity index (χ2n) is 3.84. The highest BCUT2D eigenvalue weighted by Crippen LogP contribution is 2.32. The Kier molecular flexibility index (Phi) is 1.51. The summed E-state index contributed by atoms with van der Waals surface area (Å²) in [7, 11) is 0. The number of nitrogen functional groups attached to an aromatic ring is 1. The van der Waals surface area contributed by atoms with Gasteiger partial charge in [0.05, 0.1) is 16.8 Å². The van der Waals surface area contributed by atoms with Gasteiger partial charge < -0.3 is 10.7 Å². The van der Waals surface area contributed by atoms with Crippen LogP contribution in [0.3, 0.4) is 0 Å². The molecule has 2 heterocycles. The van der Waals surface area contributed by atoms with Crippen molar-refractivity contribution in [3.05, 3.63) is 23.0 Å². The van der Waals surface area contributed by atoms with Crippen molar-refractivity contribution in [1.29, 1.82) is 5.26 Å². The number of aryl methyl sites for hydroxylation is 1. The van der Waals surface area contributed by atoms with Crippen molar-refractivity contribution in [2.24, 2.45) is 0 Å². The minimum absolute atomic E-state index is 0.575. The summed E-state index contributed by atoms with van der Waals surface area (Å²) in [6.07, 6.45) is 4.76. The Morgan fingerprint density at radius 3 is 3.13 bits per heavy atom. The minimum atomic E-state index is 0.575. The van der Waals surface area contributed by atoms with E-state index in [1.165, 1.54) is 0 Å². The van der Waals surface area contributed by atoms with Crippen LogP contribution in [0, 0.1) is 11.3 Å². The van der Waals surface area contributed by atoms with Gasteiger partial charge in [-0.2, -0.15) is 5.26 Å². The maximum atomic E-state index is 8.91. The van der Waals surface area contributed by atoms with Crippen LogP contribution in [0.4, 0.5) is 5.69 Å². The molecule has 74 valence electrons. The van der Waals surface area contributed by atoms with E-state index in [0.29, 0.717) is 5.56 Å². The number of aromatic amines is 1. The fourth-order valence-corrected chi connectivity index (χ4v) is 2.25. The lowest BCUT2D eigenvalue weighted by atomic mass is 10.1. The summed E-state index contributed by atoms with van der Waals surface area (Å²) in [5, 5.41) is 8.91. The molecule has 0 aliphatic heterocycles. The number of H-pyrrole nitrogens is 1. The molecule has 1 aliphatic rings. The third-order valence-corrected chi connectivity index (χ3v) is 3.00. The Bertz CT molecular complexity index is 589. The normalized spacial score (nSPS) is 14.1. The first-order chi connectivity index (χ1) is 7.31. The van der Waals surface area contributed by atoms with Crippen LogP contribution < -0.4 is 5.73 Å². The molecule has 4 nitrogen and oxygen atoms in total. The topological polar surface area (TPSA) is 78.5 Å². The van der Waals surface area contributed by atoms with Crippen LogP contribution in [-0.4, -0.2) is 9.97 Å². The molecule has 3 N–H and O–H groups in total. The van der Waals surface area contributed by atoms with E-state index < -0.39 is 0 Å². The zero-order chi connectivity index (χ0) is 10.4. The number of hydrogen-bond acceptors (Lipinski definition) is 3. The number of nitrogens with zero attached hydrogens (tertiary/aromatic N) is 2. The molecule has 3 rings (SSSR count). The van der Waals surface area contributed by atoms with Gasteiger partial charge in [0, 0.05) is 11.9 Å². The molecule has 1 aliphatic carbocycles. The lowest BCUT2D eigenvalue weighted by molar-refractivity contribution is 0.901. The third kappa shape index (κ3) is 0.975. The first-order valence-corrected chi connectivity index (χ1v) is 4.99. The Balaban J connectivity index is 2.44. The van der Waals surface area contributed by atoms with E-state index in [0.717, 1.165) is 47.2 Å². The molecule has 0 spiro atoms. The Hall–Kier alpha value is -2.02. The van der Waals surface area contributed by atoms with Gasteiger partial charge in [-0.25, -0.2) is 4.98 Å². The molecule has 0 saturated carbocycles. The number of hydrogen-bond donors (Lipinski definition) is 2. The van der Waals surface area contributed by atoms with Crippen LogP contribution in [0.25, 0.3) is 11.0 Å². The molecule has 0 saturated heterocycles. The van der Waals surface area contributed by atoms with Crippen molar-refractivity contribution in [2.45, 2.75) is 19.3 Å². The number of pyridine rings is 1. The van der Waals surface area contributed by atoms with Crippen molar-refractivity contribution >= 4 is 16.7 Å². The van der Waals surface area contributed by atoms with Gasteiger partial charge in [-0.05, 0) is 24.8 Å². The van der Waals surface area contributed by atoms with Crippen LogP contribution in [0.1, 0.15) is 23.2 Å². The van der Waals surface area contributed by atoms with E-state index in [-0.39, 0.29) is 0 Å². The highest BCUT2D eigenvalue weighted by Gasteiger charge is 2.19. The van der Waals surface area contributed by atoms with Crippen molar-refractivity contribution in [2.75, 3.05) is 5.73 Å². The standard InChI is InChI=1S/C11H10N4/c12-4-6-5-14-11-9(13)7-2-1-3-8(7)15-10(6)11/h5,14H,1-3H2,(H2,13,15). The molecule has 2 aromatic heterocycles. The molecule has 2 aromatic rings. The second kappa shape index (κ2) is 2.74. The van der Waals surface area contributed by atoms with Crippen LogP contribution in [0.2, 0.25) is 0 Å². The molecule has 0 aromatic carbocycles. The Morgan fingerprint density at radius 1 is 1.47 bits per heavy atom. The fraction of sp³-hybridized carbons (Fsp3) is 0.273. The van der Waals surface area contributed by atoms with Crippen molar-refractivity contribution in [1.82, 2.24) is 9.97 Å². The van der Waals surface area contributed by atoms with Gasteiger partial charge in [-0.3, -0.25) is 0 Å². The average molecular weight is 198 g/mol. The van der Waals surface area contributed by atoms with Gasteiger partial charge in [-0.15, -0.1) is 0 Å². The Labute approximate surface area is 86.7 Å². The number of rotatable bonds is 0. The van der Waals surface area contributed by atoms with Crippen LogP contribution >= 0.6 is 0 Å². The van der Waals surface area contributed by atoms with Gasteiger partial charge in [0.1, 0.15) is 11.6 Å². The highest BCUT2D eigenvalue weighted by molar-refractivity contribution is 5.93. The van der Waals surface area contributed by atoms with E-state index in [4.69, 9.17) is 11.0 Å². The monoisotopic (exact) mass is 198 g/mol. The zero-order valence-corrected chi connectivity index (χ0v) is 8.17. The number of nitriles is 1.